The van der Waals surface area contributed by atoms with Crippen LogP contribution in [0.3, 0.4) is 0 Å². The van der Waals surface area contributed by atoms with Crippen LogP contribution >= 0.6 is 12.6 Å². The van der Waals surface area contributed by atoms with Crippen LogP contribution in [0.4, 0.5) is 0 Å². The summed E-state index contributed by atoms with van der Waals surface area (Å²) < 4.78 is 0. The van der Waals surface area contributed by atoms with Gasteiger partial charge in [0.1, 0.15) is 0 Å². The van der Waals surface area contributed by atoms with Gasteiger partial charge in [0, 0.05) is 0 Å². The van der Waals surface area contributed by atoms with Crippen LogP contribution in [-0.4, -0.2) is 21.8 Å². The zero-order valence-electron chi connectivity index (χ0n) is 2.27. The fourth-order valence-corrected chi connectivity index (χ4v) is 0. The Morgan fingerprint density at radius 1 is 1.75 bits per heavy atom. The molecule has 0 amide bonds. The maximum absolute atomic E-state index is 3.89. The van der Waals surface area contributed by atoms with Gasteiger partial charge in [-0.05, 0) is 0 Å². The number of rotatable bonds is 1. The molecule has 0 aliphatic heterocycles. The molecule has 0 bridgehead atoms. The van der Waals surface area contributed by atoms with Crippen LogP contribution in [0.2, 0.25) is 5.32 Å². The summed E-state index contributed by atoms with van der Waals surface area (Å²) in [6.07, 6.45) is 0. The molecule has 0 unspecified atom stereocenters. The minimum atomic E-state index is 0.958. The van der Waals surface area contributed by atoms with E-state index in [4.69, 9.17) is 0 Å². The molecular weight excluding hydrogens is 135 g/mol. The van der Waals surface area contributed by atoms with E-state index in [-0.39, 0.29) is 0 Å². The summed E-state index contributed by atoms with van der Waals surface area (Å²) in [5, 5.41) is 1.06. The third kappa shape index (κ3) is 2.87. The predicted octanol–water partition coefficient (Wildman–Crippen LogP) is 0.503. The molecule has 0 aromatic carbocycles. The molecule has 2 heteroatoms. The van der Waals surface area contributed by atoms with Gasteiger partial charge < -0.3 is 0 Å². The second kappa shape index (κ2) is 3.87. The van der Waals surface area contributed by atoms with Crippen LogP contribution in [0.1, 0.15) is 0 Å². The van der Waals surface area contributed by atoms with Crippen LogP contribution in [0, 0.1) is 0 Å². The van der Waals surface area contributed by atoms with E-state index < -0.39 is 0 Å². The van der Waals surface area contributed by atoms with Crippen molar-refractivity contribution in [2.45, 2.75) is 5.32 Å². The van der Waals surface area contributed by atoms with Crippen LogP contribution in [0.5, 0.6) is 0 Å². The summed E-state index contributed by atoms with van der Waals surface area (Å²) >= 11 is 6.71. The third-order valence-electron chi connectivity index (χ3n) is 0.0913. The molecular formula is C2H5SSe. The van der Waals surface area contributed by atoms with E-state index in [1.807, 2.05) is 0 Å². The second-order valence-corrected chi connectivity index (χ2v) is 1.73. The van der Waals surface area contributed by atoms with Crippen LogP contribution < -0.4 is 0 Å². The van der Waals surface area contributed by atoms with E-state index >= 15 is 0 Å². The van der Waals surface area contributed by atoms with Crippen molar-refractivity contribution in [3.8, 4) is 0 Å². The average Bonchev–Trinajstić information content (AvgIpc) is 1.37. The molecule has 0 N–H and O–H groups in total. The Morgan fingerprint density at radius 3 is 2.00 bits per heavy atom. The summed E-state index contributed by atoms with van der Waals surface area (Å²) in [6.45, 7) is 0. The van der Waals surface area contributed by atoms with Crippen molar-refractivity contribution in [2.75, 3.05) is 5.75 Å². The molecule has 0 fully saturated rings. The van der Waals surface area contributed by atoms with Gasteiger partial charge in [-0.1, -0.05) is 0 Å². The van der Waals surface area contributed by atoms with Crippen molar-refractivity contribution in [3.05, 3.63) is 0 Å². The van der Waals surface area contributed by atoms with Crippen molar-refractivity contribution in [1.29, 1.82) is 0 Å². The Kier molecular flexibility index (Phi) is 4.71. The number of thiol groups is 1. The van der Waals surface area contributed by atoms with Gasteiger partial charge >= 0.3 is 39.7 Å². The van der Waals surface area contributed by atoms with Gasteiger partial charge in [-0.3, -0.25) is 0 Å². The molecule has 0 aliphatic rings. The summed E-state index contributed by atoms with van der Waals surface area (Å²) in [5.74, 6) is 0.958. The second-order valence-electron chi connectivity index (χ2n) is 0.428. The topological polar surface area (TPSA) is 0 Å². The summed E-state index contributed by atoms with van der Waals surface area (Å²) in [7, 11) is 0. The van der Waals surface area contributed by atoms with Gasteiger partial charge in [0.15, 0.2) is 0 Å². The molecule has 0 rings (SSSR count). The standard InChI is InChI=1S/C2H5SSe/c3-1-2-4/h3H,1-2H2. The van der Waals surface area contributed by atoms with E-state index in [1.54, 1.807) is 0 Å². The molecule has 0 heterocycles. The first kappa shape index (κ1) is 4.87. The maximum atomic E-state index is 3.89. The number of hydrogen-bond acceptors (Lipinski definition) is 1. The SMILES string of the molecule is SCC[Se]. The summed E-state index contributed by atoms with van der Waals surface area (Å²) in [5.41, 5.74) is 0. The Morgan fingerprint density at radius 2 is 2.00 bits per heavy atom. The Bertz CT molecular complexity index is 8.00. The summed E-state index contributed by atoms with van der Waals surface area (Å²) in [4.78, 5) is 0. The molecule has 0 aromatic rings. The normalized spacial score (nSPS) is 7.50. The quantitative estimate of drug-likeness (QED) is 0.398. The first-order chi connectivity index (χ1) is 1.91. The van der Waals surface area contributed by atoms with E-state index in [9.17, 15) is 0 Å². The van der Waals surface area contributed by atoms with E-state index in [0.717, 1.165) is 11.1 Å². The monoisotopic (exact) mass is 141 g/mol. The Balaban J connectivity index is 1.97. The van der Waals surface area contributed by atoms with Gasteiger partial charge in [0.25, 0.3) is 0 Å². The Hall–Kier alpha value is 0.869. The molecule has 0 aromatic heterocycles. The van der Waals surface area contributed by atoms with E-state index in [1.165, 1.54) is 0 Å². The van der Waals surface area contributed by atoms with Crippen molar-refractivity contribution >= 4 is 28.6 Å². The van der Waals surface area contributed by atoms with Crippen molar-refractivity contribution in [1.82, 2.24) is 0 Å². The van der Waals surface area contributed by atoms with Gasteiger partial charge in [0.05, 0.1) is 0 Å². The summed E-state index contributed by atoms with van der Waals surface area (Å²) in [6, 6.07) is 0. The fraction of sp³-hybridized carbons (Fsp3) is 1.00. The molecule has 4 heavy (non-hydrogen) atoms. The van der Waals surface area contributed by atoms with Crippen molar-refractivity contribution in [3.63, 3.8) is 0 Å². The third-order valence-corrected chi connectivity index (χ3v) is 1.42. The van der Waals surface area contributed by atoms with Gasteiger partial charge in [0.2, 0.25) is 0 Å². The Labute approximate surface area is 40.2 Å². The zero-order chi connectivity index (χ0) is 3.41. The molecule has 25 valence electrons. The van der Waals surface area contributed by atoms with Gasteiger partial charge in [-0.25, -0.2) is 0 Å². The van der Waals surface area contributed by atoms with E-state index in [2.05, 4.69) is 28.6 Å². The molecule has 0 saturated heterocycles. The number of hydrogen-bond donors (Lipinski definition) is 1. The minimum absolute atomic E-state index is 0.958. The molecule has 0 atom stereocenters. The molecule has 0 saturated carbocycles. The average molecular weight is 140 g/mol. The fourth-order valence-electron chi connectivity index (χ4n) is 0. The van der Waals surface area contributed by atoms with Crippen LogP contribution in [-0.2, 0) is 0 Å². The molecule has 0 nitrogen and oxygen atoms in total. The van der Waals surface area contributed by atoms with Crippen molar-refractivity contribution < 1.29 is 0 Å². The predicted molar refractivity (Wildman–Crippen MR) is 24.4 cm³/mol. The molecule has 0 aliphatic carbocycles. The molecule has 0 spiro atoms. The van der Waals surface area contributed by atoms with Gasteiger partial charge in [-0.15, -0.1) is 0 Å². The first-order valence-corrected chi connectivity index (χ1v) is 2.95. The molecule has 1 radical (unpaired) electrons. The first-order valence-electron chi connectivity index (χ1n) is 1.10. The van der Waals surface area contributed by atoms with Crippen molar-refractivity contribution in [2.24, 2.45) is 0 Å². The van der Waals surface area contributed by atoms with E-state index in [0.29, 0.717) is 0 Å². The zero-order valence-corrected chi connectivity index (χ0v) is 4.88. The van der Waals surface area contributed by atoms with Gasteiger partial charge in [-0.2, -0.15) is 0 Å². The van der Waals surface area contributed by atoms with Crippen LogP contribution in [0.25, 0.3) is 0 Å². The van der Waals surface area contributed by atoms with Crippen LogP contribution in [0.15, 0.2) is 0 Å².